The van der Waals surface area contributed by atoms with Gasteiger partial charge in [-0.3, -0.25) is 0 Å². The van der Waals surface area contributed by atoms with Crippen LogP contribution in [0.2, 0.25) is 0 Å². The molecule has 3 N–H and O–H groups in total. The fourth-order valence-corrected chi connectivity index (χ4v) is 1.28. The molecule has 70 valence electrons. The van der Waals surface area contributed by atoms with Gasteiger partial charge in [0.1, 0.15) is 5.82 Å². The SMILES string of the molecule is Cc1cc(N)c(NC2CC2)cc1F. The summed E-state index contributed by atoms with van der Waals surface area (Å²) in [5, 5.41) is 3.19. The summed E-state index contributed by atoms with van der Waals surface area (Å²) in [6.07, 6.45) is 2.32. The molecule has 0 aliphatic heterocycles. The number of hydrogen-bond acceptors (Lipinski definition) is 2. The number of nitrogens with two attached hydrogens (primary N) is 1. The van der Waals surface area contributed by atoms with E-state index in [4.69, 9.17) is 5.73 Å². The molecule has 2 nitrogen and oxygen atoms in total. The molecule has 1 saturated carbocycles. The van der Waals surface area contributed by atoms with Crippen molar-refractivity contribution >= 4 is 11.4 Å². The van der Waals surface area contributed by atoms with Gasteiger partial charge in [0.2, 0.25) is 0 Å². The minimum Gasteiger partial charge on any atom is -0.397 e. The van der Waals surface area contributed by atoms with Crippen LogP contribution in [0.1, 0.15) is 18.4 Å². The fourth-order valence-electron chi connectivity index (χ4n) is 1.28. The average Bonchev–Trinajstić information content (AvgIpc) is 2.84. The first-order valence-corrected chi connectivity index (χ1v) is 4.49. The van der Waals surface area contributed by atoms with Crippen molar-refractivity contribution in [2.45, 2.75) is 25.8 Å². The van der Waals surface area contributed by atoms with Gasteiger partial charge in [-0.25, -0.2) is 4.39 Å². The lowest BCUT2D eigenvalue weighted by molar-refractivity contribution is 0.619. The summed E-state index contributed by atoms with van der Waals surface area (Å²) >= 11 is 0. The highest BCUT2D eigenvalue weighted by Gasteiger charge is 2.21. The van der Waals surface area contributed by atoms with Crippen LogP contribution in [0.25, 0.3) is 0 Å². The lowest BCUT2D eigenvalue weighted by atomic mass is 10.2. The van der Waals surface area contributed by atoms with E-state index in [2.05, 4.69) is 5.32 Å². The highest BCUT2D eigenvalue weighted by atomic mass is 19.1. The van der Waals surface area contributed by atoms with Crippen molar-refractivity contribution in [3.8, 4) is 0 Å². The maximum absolute atomic E-state index is 13.1. The molecule has 0 unspecified atom stereocenters. The van der Waals surface area contributed by atoms with E-state index in [1.807, 2.05) is 0 Å². The van der Waals surface area contributed by atoms with E-state index < -0.39 is 0 Å². The monoisotopic (exact) mass is 180 g/mol. The molecule has 1 aromatic rings. The van der Waals surface area contributed by atoms with Gasteiger partial charge in [-0.05, 0) is 37.5 Å². The molecule has 1 aliphatic carbocycles. The average molecular weight is 180 g/mol. The van der Waals surface area contributed by atoms with Gasteiger partial charge in [-0.2, -0.15) is 0 Å². The molecule has 0 heterocycles. The van der Waals surface area contributed by atoms with E-state index in [-0.39, 0.29) is 5.82 Å². The molecule has 1 fully saturated rings. The maximum atomic E-state index is 13.1. The molecule has 0 saturated heterocycles. The van der Waals surface area contributed by atoms with E-state index in [1.165, 1.54) is 6.07 Å². The zero-order valence-electron chi connectivity index (χ0n) is 7.60. The Morgan fingerprint density at radius 3 is 2.77 bits per heavy atom. The van der Waals surface area contributed by atoms with Gasteiger partial charge in [-0.1, -0.05) is 0 Å². The van der Waals surface area contributed by atoms with E-state index >= 15 is 0 Å². The summed E-state index contributed by atoms with van der Waals surface area (Å²) in [5.74, 6) is -0.197. The molecule has 0 aromatic heterocycles. The summed E-state index contributed by atoms with van der Waals surface area (Å²) in [6.45, 7) is 1.71. The summed E-state index contributed by atoms with van der Waals surface area (Å²) < 4.78 is 13.1. The van der Waals surface area contributed by atoms with Gasteiger partial charge < -0.3 is 11.1 Å². The van der Waals surface area contributed by atoms with Crippen LogP contribution in [0.4, 0.5) is 15.8 Å². The quantitative estimate of drug-likeness (QED) is 0.685. The van der Waals surface area contributed by atoms with Crippen molar-refractivity contribution in [3.05, 3.63) is 23.5 Å². The molecule has 0 atom stereocenters. The van der Waals surface area contributed by atoms with Crippen LogP contribution in [-0.2, 0) is 0 Å². The lowest BCUT2D eigenvalue weighted by Gasteiger charge is -2.09. The molecule has 0 radical (unpaired) electrons. The van der Waals surface area contributed by atoms with Gasteiger partial charge in [0.05, 0.1) is 11.4 Å². The first kappa shape index (κ1) is 8.35. The van der Waals surface area contributed by atoms with Crippen LogP contribution >= 0.6 is 0 Å². The largest absolute Gasteiger partial charge is 0.397 e. The normalized spacial score (nSPS) is 15.8. The number of nitrogen functional groups attached to an aromatic ring is 1. The topological polar surface area (TPSA) is 38.0 Å². The Balaban J connectivity index is 2.27. The Labute approximate surface area is 76.9 Å². The van der Waals surface area contributed by atoms with Crippen molar-refractivity contribution < 1.29 is 4.39 Å². The Hall–Kier alpha value is -1.25. The summed E-state index contributed by atoms with van der Waals surface area (Å²) in [4.78, 5) is 0. The highest BCUT2D eigenvalue weighted by molar-refractivity contribution is 5.67. The van der Waals surface area contributed by atoms with Crippen molar-refractivity contribution in [1.29, 1.82) is 0 Å². The maximum Gasteiger partial charge on any atom is 0.128 e. The second-order valence-corrected chi connectivity index (χ2v) is 3.61. The van der Waals surface area contributed by atoms with Crippen LogP contribution in [0.15, 0.2) is 12.1 Å². The summed E-state index contributed by atoms with van der Waals surface area (Å²) in [5.41, 5.74) is 7.69. The van der Waals surface area contributed by atoms with E-state index in [0.29, 0.717) is 17.3 Å². The third-order valence-electron chi connectivity index (χ3n) is 2.27. The van der Waals surface area contributed by atoms with Crippen LogP contribution in [0.3, 0.4) is 0 Å². The molecule has 13 heavy (non-hydrogen) atoms. The molecule has 3 heteroatoms. The third kappa shape index (κ3) is 1.74. The highest BCUT2D eigenvalue weighted by Crippen LogP contribution is 2.29. The number of halogens is 1. The second-order valence-electron chi connectivity index (χ2n) is 3.61. The fraction of sp³-hybridized carbons (Fsp3) is 0.400. The first-order valence-electron chi connectivity index (χ1n) is 4.49. The number of benzene rings is 1. The zero-order valence-corrected chi connectivity index (χ0v) is 7.60. The Kier molecular flexibility index (Phi) is 1.87. The van der Waals surface area contributed by atoms with Gasteiger partial charge in [0, 0.05) is 6.04 Å². The molecule has 0 bridgehead atoms. The third-order valence-corrected chi connectivity index (χ3v) is 2.27. The van der Waals surface area contributed by atoms with Crippen LogP contribution in [0, 0.1) is 12.7 Å². The number of nitrogens with one attached hydrogen (secondary N) is 1. The molecule has 1 aliphatic rings. The Morgan fingerprint density at radius 1 is 1.46 bits per heavy atom. The molecule has 0 spiro atoms. The van der Waals surface area contributed by atoms with Crippen LogP contribution < -0.4 is 11.1 Å². The lowest BCUT2D eigenvalue weighted by Crippen LogP contribution is -2.05. The van der Waals surface area contributed by atoms with E-state index in [0.717, 1.165) is 18.5 Å². The predicted molar refractivity (Wildman–Crippen MR) is 52.2 cm³/mol. The number of rotatable bonds is 2. The second kappa shape index (κ2) is 2.91. The predicted octanol–water partition coefficient (Wildman–Crippen LogP) is 2.29. The Bertz CT molecular complexity index is 332. The summed E-state index contributed by atoms with van der Waals surface area (Å²) in [6, 6.07) is 3.65. The number of hydrogen-bond donors (Lipinski definition) is 2. The van der Waals surface area contributed by atoms with Crippen LogP contribution in [0.5, 0.6) is 0 Å². The van der Waals surface area contributed by atoms with Crippen molar-refractivity contribution in [2.24, 2.45) is 0 Å². The molecule has 2 rings (SSSR count). The summed E-state index contributed by atoms with van der Waals surface area (Å²) in [7, 11) is 0. The van der Waals surface area contributed by atoms with E-state index in [1.54, 1.807) is 13.0 Å². The van der Waals surface area contributed by atoms with Crippen molar-refractivity contribution in [2.75, 3.05) is 11.1 Å². The standard InChI is InChI=1S/C10H13FN2/c1-6-4-9(12)10(5-8(6)11)13-7-2-3-7/h4-5,7,13H,2-3,12H2,1H3. The van der Waals surface area contributed by atoms with Crippen molar-refractivity contribution in [3.63, 3.8) is 0 Å². The molecular formula is C10H13FN2. The van der Waals surface area contributed by atoms with Gasteiger partial charge in [0.25, 0.3) is 0 Å². The molecule has 1 aromatic carbocycles. The zero-order chi connectivity index (χ0) is 9.42. The number of anilines is 2. The van der Waals surface area contributed by atoms with Gasteiger partial charge in [0.15, 0.2) is 0 Å². The molecular weight excluding hydrogens is 167 g/mol. The minimum atomic E-state index is -0.197. The minimum absolute atomic E-state index is 0.197. The van der Waals surface area contributed by atoms with Gasteiger partial charge in [-0.15, -0.1) is 0 Å². The number of aryl methyl sites for hydroxylation is 1. The Morgan fingerprint density at radius 2 is 2.15 bits per heavy atom. The van der Waals surface area contributed by atoms with Crippen LogP contribution in [-0.4, -0.2) is 6.04 Å². The molecule has 0 amide bonds. The van der Waals surface area contributed by atoms with Gasteiger partial charge >= 0.3 is 0 Å². The van der Waals surface area contributed by atoms with Crippen molar-refractivity contribution in [1.82, 2.24) is 0 Å². The van der Waals surface area contributed by atoms with E-state index in [9.17, 15) is 4.39 Å². The smallest absolute Gasteiger partial charge is 0.128 e. The first-order chi connectivity index (χ1) is 6.16.